The lowest BCUT2D eigenvalue weighted by atomic mass is 10.2. The first kappa shape index (κ1) is 13.0. The normalized spacial score (nSPS) is 9.82. The Hall–Kier alpha value is -2.11. The second-order valence-corrected chi connectivity index (χ2v) is 3.33. The summed E-state index contributed by atoms with van der Waals surface area (Å²) in [5.74, 6) is -1.56. The van der Waals surface area contributed by atoms with E-state index in [1.807, 2.05) is 0 Å². The molecular formula is C11H13NO5. The second-order valence-electron chi connectivity index (χ2n) is 3.33. The molecule has 0 aliphatic heterocycles. The number of esters is 2. The number of methoxy groups -OCH3 is 2. The molecule has 0 amide bonds. The number of nitrogens with zero attached hydrogens (tertiary/aromatic N) is 1. The van der Waals surface area contributed by atoms with Gasteiger partial charge in [0.25, 0.3) is 0 Å². The van der Waals surface area contributed by atoms with E-state index in [1.165, 1.54) is 30.9 Å². The van der Waals surface area contributed by atoms with Gasteiger partial charge in [0, 0.05) is 7.05 Å². The monoisotopic (exact) mass is 239 g/mol. The summed E-state index contributed by atoms with van der Waals surface area (Å²) in [4.78, 5) is 33.9. The molecule has 0 fully saturated rings. The predicted octanol–water partition coefficient (Wildman–Crippen LogP) is 0.557. The molecule has 0 atom stereocenters. The lowest BCUT2D eigenvalue weighted by Crippen LogP contribution is -2.15. The average molecular weight is 239 g/mol. The molecule has 0 radical (unpaired) electrons. The number of hydrogen-bond acceptors (Lipinski definition) is 5. The number of carbonyl (C=O) groups excluding carboxylic acids is 3. The molecule has 17 heavy (non-hydrogen) atoms. The van der Waals surface area contributed by atoms with Gasteiger partial charge in [0.1, 0.15) is 12.1 Å². The quantitative estimate of drug-likeness (QED) is 0.436. The maximum atomic E-state index is 11.7. The van der Waals surface area contributed by atoms with E-state index in [2.05, 4.69) is 9.47 Å². The van der Waals surface area contributed by atoms with Crippen LogP contribution in [-0.4, -0.2) is 36.5 Å². The Morgan fingerprint density at radius 1 is 1.12 bits per heavy atom. The van der Waals surface area contributed by atoms with E-state index in [0.717, 1.165) is 0 Å². The Morgan fingerprint density at radius 3 is 2.24 bits per heavy atom. The molecule has 6 nitrogen and oxygen atoms in total. The van der Waals surface area contributed by atoms with E-state index in [0.29, 0.717) is 0 Å². The molecule has 6 heteroatoms. The van der Waals surface area contributed by atoms with Gasteiger partial charge in [0.2, 0.25) is 0 Å². The fraction of sp³-hybridized carbons (Fsp3) is 0.364. The molecule has 1 aromatic heterocycles. The Labute approximate surface area is 98.1 Å². The number of carbonyl (C=O) groups is 3. The van der Waals surface area contributed by atoms with Crippen LogP contribution < -0.4 is 0 Å². The first-order valence-corrected chi connectivity index (χ1v) is 4.85. The molecule has 0 spiro atoms. The van der Waals surface area contributed by atoms with Crippen LogP contribution in [0.15, 0.2) is 12.1 Å². The van der Waals surface area contributed by atoms with Gasteiger partial charge in [0.05, 0.1) is 19.9 Å². The summed E-state index contributed by atoms with van der Waals surface area (Å²) in [6, 6.07) is 2.94. The number of ether oxygens (including phenoxy) is 2. The molecule has 0 saturated heterocycles. The van der Waals surface area contributed by atoms with Gasteiger partial charge in [-0.3, -0.25) is 9.59 Å². The SMILES string of the molecule is COC(=O)CC(=O)c1ccc(C(=O)OC)n1C. The summed E-state index contributed by atoms with van der Waals surface area (Å²) < 4.78 is 10.3. The number of hydrogen-bond donors (Lipinski definition) is 0. The lowest BCUT2D eigenvalue weighted by molar-refractivity contribution is -0.139. The van der Waals surface area contributed by atoms with Crippen molar-refractivity contribution >= 4 is 17.7 Å². The summed E-state index contributed by atoms with van der Waals surface area (Å²) in [5, 5.41) is 0. The van der Waals surface area contributed by atoms with Crippen LogP contribution in [0.3, 0.4) is 0 Å². The van der Waals surface area contributed by atoms with Crippen LogP contribution >= 0.6 is 0 Å². The Morgan fingerprint density at radius 2 is 1.71 bits per heavy atom. The van der Waals surface area contributed by atoms with Gasteiger partial charge in [0.15, 0.2) is 5.78 Å². The van der Waals surface area contributed by atoms with Crippen LogP contribution in [0.1, 0.15) is 27.4 Å². The highest BCUT2D eigenvalue weighted by Gasteiger charge is 2.19. The zero-order valence-electron chi connectivity index (χ0n) is 9.85. The molecule has 0 bridgehead atoms. The smallest absolute Gasteiger partial charge is 0.354 e. The topological polar surface area (TPSA) is 74.6 Å². The summed E-state index contributed by atoms with van der Waals surface area (Å²) >= 11 is 0. The van der Waals surface area contributed by atoms with Crippen LogP contribution in [0.5, 0.6) is 0 Å². The third kappa shape index (κ3) is 2.72. The number of rotatable bonds is 4. The van der Waals surface area contributed by atoms with Gasteiger partial charge in [-0.2, -0.15) is 0 Å². The molecule has 0 aromatic carbocycles. The third-order valence-corrected chi connectivity index (χ3v) is 2.33. The standard InChI is InChI=1S/C11H13NO5/c1-12-7(9(13)6-10(14)16-2)4-5-8(12)11(15)17-3/h4-5H,6H2,1-3H3. The molecule has 0 saturated carbocycles. The summed E-state index contributed by atoms with van der Waals surface area (Å²) in [5.41, 5.74) is 0.511. The van der Waals surface area contributed by atoms with Crippen molar-refractivity contribution in [3.63, 3.8) is 0 Å². The molecule has 1 heterocycles. The van der Waals surface area contributed by atoms with Crippen molar-refractivity contribution in [3.05, 3.63) is 23.5 Å². The summed E-state index contributed by atoms with van der Waals surface area (Å²) in [6.45, 7) is 0. The maximum absolute atomic E-state index is 11.7. The van der Waals surface area contributed by atoms with Crippen molar-refractivity contribution < 1.29 is 23.9 Å². The molecular weight excluding hydrogens is 226 g/mol. The van der Waals surface area contributed by atoms with Gasteiger partial charge in [-0.25, -0.2) is 4.79 Å². The average Bonchev–Trinajstić information content (AvgIpc) is 2.69. The largest absolute Gasteiger partial charge is 0.469 e. The van der Waals surface area contributed by atoms with Crippen molar-refractivity contribution in [3.8, 4) is 0 Å². The van der Waals surface area contributed by atoms with Gasteiger partial charge in [-0.15, -0.1) is 0 Å². The van der Waals surface area contributed by atoms with Crippen molar-refractivity contribution in [1.29, 1.82) is 0 Å². The molecule has 0 N–H and O–H groups in total. The van der Waals surface area contributed by atoms with Crippen molar-refractivity contribution in [2.24, 2.45) is 7.05 Å². The second kappa shape index (κ2) is 5.29. The highest BCUT2D eigenvalue weighted by molar-refractivity contribution is 6.05. The highest BCUT2D eigenvalue weighted by atomic mass is 16.5. The first-order chi connectivity index (χ1) is 8.01. The van der Waals surface area contributed by atoms with E-state index < -0.39 is 17.7 Å². The highest BCUT2D eigenvalue weighted by Crippen LogP contribution is 2.11. The zero-order chi connectivity index (χ0) is 13.0. The Balaban J connectivity index is 2.93. The van der Waals surface area contributed by atoms with Gasteiger partial charge in [-0.1, -0.05) is 0 Å². The van der Waals surface area contributed by atoms with Crippen LogP contribution in [0.25, 0.3) is 0 Å². The number of ketones is 1. The molecule has 0 aliphatic carbocycles. The van der Waals surface area contributed by atoms with Crippen LogP contribution in [0.2, 0.25) is 0 Å². The van der Waals surface area contributed by atoms with Gasteiger partial charge < -0.3 is 14.0 Å². The molecule has 0 aliphatic rings. The minimum Gasteiger partial charge on any atom is -0.469 e. The first-order valence-electron chi connectivity index (χ1n) is 4.85. The number of Topliss-reactive ketones (excluding diaryl/α,β-unsaturated/α-hetero) is 1. The third-order valence-electron chi connectivity index (χ3n) is 2.33. The molecule has 1 rings (SSSR count). The Kier molecular flexibility index (Phi) is 4.03. The van der Waals surface area contributed by atoms with E-state index in [1.54, 1.807) is 7.05 Å². The van der Waals surface area contributed by atoms with Crippen LogP contribution in [0.4, 0.5) is 0 Å². The fourth-order valence-corrected chi connectivity index (χ4v) is 1.39. The molecule has 92 valence electrons. The van der Waals surface area contributed by atoms with Crippen molar-refractivity contribution in [2.75, 3.05) is 14.2 Å². The predicted molar refractivity (Wildman–Crippen MR) is 57.7 cm³/mol. The van der Waals surface area contributed by atoms with Gasteiger partial charge >= 0.3 is 11.9 Å². The van der Waals surface area contributed by atoms with Gasteiger partial charge in [-0.05, 0) is 12.1 Å². The minimum atomic E-state index is -0.615. The summed E-state index contributed by atoms with van der Waals surface area (Å²) in [7, 11) is 4.02. The van der Waals surface area contributed by atoms with Crippen molar-refractivity contribution in [2.45, 2.75) is 6.42 Å². The lowest BCUT2D eigenvalue weighted by Gasteiger charge is -2.05. The zero-order valence-corrected chi connectivity index (χ0v) is 9.85. The van der Waals surface area contributed by atoms with E-state index in [9.17, 15) is 14.4 Å². The summed E-state index contributed by atoms with van der Waals surface area (Å²) in [6.07, 6.45) is -0.352. The van der Waals surface area contributed by atoms with Crippen LogP contribution in [0, 0.1) is 0 Å². The number of aromatic nitrogens is 1. The molecule has 0 unspecified atom stereocenters. The maximum Gasteiger partial charge on any atom is 0.354 e. The van der Waals surface area contributed by atoms with E-state index >= 15 is 0 Å². The van der Waals surface area contributed by atoms with Crippen molar-refractivity contribution in [1.82, 2.24) is 4.57 Å². The Bertz CT molecular complexity index is 460. The fourth-order valence-electron chi connectivity index (χ4n) is 1.39. The molecule has 1 aromatic rings. The van der Waals surface area contributed by atoms with E-state index in [4.69, 9.17) is 0 Å². The van der Waals surface area contributed by atoms with E-state index in [-0.39, 0.29) is 17.8 Å². The minimum absolute atomic E-state index is 0.251. The van der Waals surface area contributed by atoms with Crippen LogP contribution in [-0.2, 0) is 21.3 Å².